The number of hydrogen-bond donors (Lipinski definition) is 1. The van der Waals surface area contributed by atoms with Crippen LogP contribution in [0.3, 0.4) is 0 Å². The lowest BCUT2D eigenvalue weighted by molar-refractivity contribution is -0.133. The lowest BCUT2D eigenvalue weighted by atomic mass is 9.85. The maximum atomic E-state index is 12.5. The summed E-state index contributed by atoms with van der Waals surface area (Å²) in [5.41, 5.74) is 0. The van der Waals surface area contributed by atoms with E-state index in [0.717, 1.165) is 13.1 Å². The number of nitrogens with one attached hydrogen (secondary N) is 1. The normalized spacial score (nSPS) is 21.5. The van der Waals surface area contributed by atoms with Gasteiger partial charge in [-0.05, 0) is 51.6 Å². The zero-order valence-electron chi connectivity index (χ0n) is 14.2. The summed E-state index contributed by atoms with van der Waals surface area (Å²) >= 11 is 0. The molecule has 0 bridgehead atoms. The van der Waals surface area contributed by atoms with Crippen LogP contribution in [0.25, 0.3) is 0 Å². The van der Waals surface area contributed by atoms with E-state index < -0.39 is 9.84 Å². The molecule has 0 aliphatic carbocycles. The highest BCUT2D eigenvalue weighted by Crippen LogP contribution is 2.23. The summed E-state index contributed by atoms with van der Waals surface area (Å²) < 4.78 is 22.8. The number of carbonyl (C=O) groups is 1. The van der Waals surface area contributed by atoms with Crippen molar-refractivity contribution in [2.45, 2.75) is 46.1 Å². The van der Waals surface area contributed by atoms with E-state index in [1.54, 1.807) is 4.90 Å². The lowest BCUT2D eigenvalue weighted by Gasteiger charge is -2.32. The van der Waals surface area contributed by atoms with Crippen molar-refractivity contribution in [2.75, 3.05) is 31.6 Å². The van der Waals surface area contributed by atoms with Crippen LogP contribution in [0.2, 0.25) is 0 Å². The van der Waals surface area contributed by atoms with Crippen LogP contribution in [0.4, 0.5) is 0 Å². The predicted molar refractivity (Wildman–Crippen MR) is 93.2 cm³/mol. The van der Waals surface area contributed by atoms with E-state index in [2.05, 4.69) is 12.2 Å². The third kappa shape index (κ3) is 7.29. The van der Waals surface area contributed by atoms with E-state index in [-0.39, 0.29) is 30.1 Å². The van der Waals surface area contributed by atoms with Crippen molar-refractivity contribution in [3.05, 3.63) is 0 Å². The first-order valence-electron chi connectivity index (χ1n) is 7.92. The van der Waals surface area contributed by atoms with E-state index in [1.165, 1.54) is 19.1 Å². The van der Waals surface area contributed by atoms with Crippen molar-refractivity contribution in [3.63, 3.8) is 0 Å². The number of hydrogen-bond acceptors (Lipinski definition) is 4. The van der Waals surface area contributed by atoms with Gasteiger partial charge in [-0.25, -0.2) is 8.42 Å². The molecule has 0 aromatic carbocycles. The van der Waals surface area contributed by atoms with E-state index in [9.17, 15) is 13.2 Å². The topological polar surface area (TPSA) is 66.5 Å². The van der Waals surface area contributed by atoms with Crippen LogP contribution in [0, 0.1) is 11.8 Å². The number of amides is 1. The van der Waals surface area contributed by atoms with Gasteiger partial charge in [-0.1, -0.05) is 6.92 Å². The molecule has 1 N–H and O–H groups in total. The van der Waals surface area contributed by atoms with E-state index >= 15 is 0 Å². The molecular weight excluding hydrogens is 324 g/mol. The molecule has 3 unspecified atom stereocenters. The van der Waals surface area contributed by atoms with Gasteiger partial charge in [0.25, 0.3) is 0 Å². The molecule has 1 saturated heterocycles. The number of nitrogens with zero attached hydrogens (tertiary/aromatic N) is 1. The fourth-order valence-corrected chi connectivity index (χ4v) is 4.24. The molecule has 1 aliphatic rings. The Morgan fingerprint density at radius 2 is 2.00 bits per heavy atom. The van der Waals surface area contributed by atoms with Gasteiger partial charge in [-0.2, -0.15) is 0 Å². The summed E-state index contributed by atoms with van der Waals surface area (Å²) in [4.78, 5) is 14.2. The molecule has 1 amide bonds. The number of carbonyl (C=O) groups excluding carboxylic acids is 1. The molecule has 0 saturated carbocycles. The van der Waals surface area contributed by atoms with Gasteiger partial charge in [0.15, 0.2) is 0 Å². The molecule has 7 heteroatoms. The average Bonchev–Trinajstić information content (AvgIpc) is 2.38. The van der Waals surface area contributed by atoms with E-state index in [1.807, 2.05) is 13.8 Å². The first-order chi connectivity index (χ1) is 9.74. The van der Waals surface area contributed by atoms with Gasteiger partial charge >= 0.3 is 0 Å². The molecule has 1 aliphatic heterocycles. The van der Waals surface area contributed by atoms with Crippen LogP contribution in [0.1, 0.15) is 40.0 Å². The van der Waals surface area contributed by atoms with E-state index in [0.29, 0.717) is 24.8 Å². The SMILES string of the molecule is CCN(C(=O)CC(C)C1CCCNC1)C(C)CS(C)(=O)=O.Cl. The molecule has 5 nitrogen and oxygen atoms in total. The molecular formula is C15H31ClN2O3S. The lowest BCUT2D eigenvalue weighted by Crippen LogP contribution is -2.43. The molecule has 132 valence electrons. The molecule has 1 heterocycles. The molecule has 1 rings (SSSR count). The van der Waals surface area contributed by atoms with Crippen LogP contribution < -0.4 is 5.32 Å². The highest BCUT2D eigenvalue weighted by molar-refractivity contribution is 7.90. The fourth-order valence-electron chi connectivity index (χ4n) is 3.19. The van der Waals surface area contributed by atoms with Gasteiger partial charge in [0.1, 0.15) is 9.84 Å². The van der Waals surface area contributed by atoms with Crippen LogP contribution in [-0.2, 0) is 14.6 Å². The summed E-state index contributed by atoms with van der Waals surface area (Å²) in [5, 5.41) is 3.38. The number of piperidine rings is 1. The van der Waals surface area contributed by atoms with Crippen molar-refractivity contribution in [1.29, 1.82) is 0 Å². The summed E-state index contributed by atoms with van der Waals surface area (Å²) in [5.74, 6) is 0.995. The maximum absolute atomic E-state index is 12.5. The second-order valence-corrected chi connectivity index (χ2v) is 8.59. The van der Waals surface area contributed by atoms with Crippen molar-refractivity contribution in [1.82, 2.24) is 10.2 Å². The third-order valence-electron chi connectivity index (χ3n) is 4.37. The zero-order valence-corrected chi connectivity index (χ0v) is 15.8. The zero-order chi connectivity index (χ0) is 16.0. The Morgan fingerprint density at radius 1 is 1.36 bits per heavy atom. The van der Waals surface area contributed by atoms with Gasteiger partial charge in [-0.3, -0.25) is 4.79 Å². The monoisotopic (exact) mass is 354 g/mol. The molecule has 0 aromatic heterocycles. The van der Waals surface area contributed by atoms with Gasteiger partial charge in [-0.15, -0.1) is 12.4 Å². The minimum atomic E-state index is -3.06. The Balaban J connectivity index is 0.00000441. The maximum Gasteiger partial charge on any atom is 0.223 e. The Labute approximate surface area is 141 Å². The predicted octanol–water partition coefficient (Wildman–Crippen LogP) is 1.72. The summed E-state index contributed by atoms with van der Waals surface area (Å²) in [6.45, 7) is 8.47. The van der Waals surface area contributed by atoms with Crippen LogP contribution in [0.5, 0.6) is 0 Å². The second-order valence-electron chi connectivity index (χ2n) is 6.41. The Morgan fingerprint density at radius 3 is 2.45 bits per heavy atom. The molecule has 0 spiro atoms. The van der Waals surface area contributed by atoms with Crippen molar-refractivity contribution < 1.29 is 13.2 Å². The third-order valence-corrected chi connectivity index (χ3v) is 5.46. The second kappa shape index (κ2) is 9.73. The quantitative estimate of drug-likeness (QED) is 0.755. The van der Waals surface area contributed by atoms with Gasteiger partial charge < -0.3 is 10.2 Å². The Kier molecular flexibility index (Phi) is 9.58. The largest absolute Gasteiger partial charge is 0.339 e. The standard InChI is InChI=1S/C15H30N2O3S.ClH/c1-5-17(13(3)11-21(4,19)20)15(18)9-12(2)14-7-6-8-16-10-14;/h12-14,16H,5-11H2,1-4H3;1H. The fraction of sp³-hybridized carbons (Fsp3) is 0.933. The highest BCUT2D eigenvalue weighted by atomic mass is 35.5. The van der Waals surface area contributed by atoms with Crippen LogP contribution in [-0.4, -0.2) is 56.9 Å². The first kappa shape index (κ1) is 21.7. The number of rotatable bonds is 7. The molecule has 3 atom stereocenters. The minimum absolute atomic E-state index is 0. The van der Waals surface area contributed by atoms with Crippen molar-refractivity contribution >= 4 is 28.2 Å². The van der Waals surface area contributed by atoms with Crippen LogP contribution >= 0.6 is 12.4 Å². The molecule has 0 aromatic rings. The van der Waals surface area contributed by atoms with Gasteiger partial charge in [0, 0.05) is 25.3 Å². The Hall–Kier alpha value is -0.330. The summed E-state index contributed by atoms with van der Waals surface area (Å²) in [6.07, 6.45) is 4.07. The number of sulfone groups is 1. The molecule has 22 heavy (non-hydrogen) atoms. The van der Waals surface area contributed by atoms with Gasteiger partial charge in [0.2, 0.25) is 5.91 Å². The molecule has 0 radical (unpaired) electrons. The Bertz CT molecular complexity index is 436. The van der Waals surface area contributed by atoms with Crippen molar-refractivity contribution in [3.8, 4) is 0 Å². The summed E-state index contributed by atoms with van der Waals surface area (Å²) in [6, 6.07) is -0.255. The highest BCUT2D eigenvalue weighted by Gasteiger charge is 2.26. The number of halogens is 1. The van der Waals surface area contributed by atoms with Gasteiger partial charge in [0.05, 0.1) is 5.75 Å². The van der Waals surface area contributed by atoms with Crippen molar-refractivity contribution in [2.24, 2.45) is 11.8 Å². The first-order valence-corrected chi connectivity index (χ1v) is 9.98. The minimum Gasteiger partial charge on any atom is -0.339 e. The van der Waals surface area contributed by atoms with E-state index in [4.69, 9.17) is 0 Å². The average molecular weight is 355 g/mol. The molecule has 1 fully saturated rings. The summed E-state index contributed by atoms with van der Waals surface area (Å²) in [7, 11) is -3.06. The van der Waals surface area contributed by atoms with Crippen LogP contribution in [0.15, 0.2) is 0 Å². The smallest absolute Gasteiger partial charge is 0.223 e.